The fourth-order valence-electron chi connectivity index (χ4n) is 2.20. The number of fused-ring (bicyclic) bond motifs is 1. The van der Waals surface area contributed by atoms with Gasteiger partial charge in [0.05, 0.1) is 11.2 Å². The second-order valence-electron chi connectivity index (χ2n) is 6.29. The molecule has 1 aromatic carbocycles. The van der Waals surface area contributed by atoms with Crippen molar-refractivity contribution >= 4 is 27.6 Å². The number of aryl methyl sites for hydroxylation is 3. The molecule has 0 fully saturated rings. The number of pyridine rings is 1. The molecule has 0 radical (unpaired) electrons. The Morgan fingerprint density at radius 3 is 2.50 bits per heavy atom. The summed E-state index contributed by atoms with van der Waals surface area (Å²) >= 11 is 1.67. The summed E-state index contributed by atoms with van der Waals surface area (Å²) < 4.78 is 0. The fourth-order valence-corrected chi connectivity index (χ4v) is 3.03. The molecule has 0 unspecified atom stereocenters. The summed E-state index contributed by atoms with van der Waals surface area (Å²) in [6, 6.07) is 6.48. The molecule has 0 saturated carbocycles. The third-order valence-electron chi connectivity index (χ3n) is 4.30. The highest BCUT2D eigenvalue weighted by Crippen LogP contribution is 2.31. The summed E-state index contributed by atoms with van der Waals surface area (Å²) in [4.78, 5) is 5.87. The van der Waals surface area contributed by atoms with Crippen LogP contribution in [0.15, 0.2) is 35.8 Å². The fraction of sp³-hybridized carbons (Fsp3) is 0.350. The van der Waals surface area contributed by atoms with Crippen LogP contribution in [-0.4, -0.2) is 4.98 Å². The highest BCUT2D eigenvalue weighted by Gasteiger charge is 2.09. The number of allylic oxidation sites excluding steroid dienone is 1. The molecule has 0 aliphatic rings. The van der Waals surface area contributed by atoms with Gasteiger partial charge >= 0.3 is 0 Å². The zero-order valence-electron chi connectivity index (χ0n) is 14.4. The predicted molar refractivity (Wildman–Crippen MR) is 101 cm³/mol. The second-order valence-corrected chi connectivity index (χ2v) is 7.25. The molecule has 0 atom stereocenters. The highest BCUT2D eigenvalue weighted by molar-refractivity contribution is 8.10. The van der Waals surface area contributed by atoms with Gasteiger partial charge in [-0.15, -0.1) is 0 Å². The molecule has 22 heavy (non-hydrogen) atoms. The monoisotopic (exact) mass is 311 g/mol. The molecule has 2 aromatic rings. The van der Waals surface area contributed by atoms with Crippen LogP contribution in [0.1, 0.15) is 43.2 Å². The lowest BCUT2D eigenvalue weighted by Gasteiger charge is -2.11. The highest BCUT2D eigenvalue weighted by atomic mass is 32.2. The minimum atomic E-state index is 0.566. The number of rotatable bonds is 4. The van der Waals surface area contributed by atoms with E-state index < -0.39 is 0 Å². The molecule has 0 saturated heterocycles. The van der Waals surface area contributed by atoms with E-state index >= 15 is 0 Å². The summed E-state index contributed by atoms with van der Waals surface area (Å²) in [5.41, 5.74) is 7.25. The largest absolute Gasteiger partial charge is 0.247 e. The van der Waals surface area contributed by atoms with Crippen LogP contribution in [0.25, 0.3) is 15.8 Å². The van der Waals surface area contributed by atoms with E-state index in [0.717, 1.165) is 16.1 Å². The average Bonchev–Trinajstić information content (AvgIpc) is 2.48. The number of aromatic nitrogens is 1. The Labute approximate surface area is 138 Å². The molecule has 1 nitrogen and oxygen atoms in total. The van der Waals surface area contributed by atoms with Crippen molar-refractivity contribution in [3.8, 4) is 0 Å². The standard InChI is InChI=1S/C20H25NS/c1-12(2)15(5)11-22-17(7)19-10-14(4)18-9-8-13(3)16(6)20(18)21-19/h8-12H,7H2,1-6H3/b15-11+. The Hall–Kier alpha value is -1.54. The van der Waals surface area contributed by atoms with Crippen molar-refractivity contribution < 1.29 is 0 Å². The van der Waals surface area contributed by atoms with Gasteiger partial charge in [0.15, 0.2) is 0 Å². The van der Waals surface area contributed by atoms with Crippen LogP contribution >= 0.6 is 11.8 Å². The molecule has 0 N–H and O–H groups in total. The molecular formula is C20H25NS. The Bertz CT molecular complexity index is 754. The van der Waals surface area contributed by atoms with E-state index in [0.29, 0.717) is 5.92 Å². The Kier molecular flexibility index (Phi) is 5.12. The number of thioether (sulfide) groups is 1. The molecular weight excluding hydrogens is 286 g/mol. The van der Waals surface area contributed by atoms with Crippen LogP contribution in [0.5, 0.6) is 0 Å². The minimum absolute atomic E-state index is 0.566. The van der Waals surface area contributed by atoms with Crippen molar-refractivity contribution in [2.75, 3.05) is 0 Å². The summed E-state index contributed by atoms with van der Waals surface area (Å²) in [7, 11) is 0. The molecule has 0 amide bonds. The zero-order chi connectivity index (χ0) is 16.4. The van der Waals surface area contributed by atoms with E-state index in [2.05, 4.69) is 71.7 Å². The molecule has 0 bridgehead atoms. The van der Waals surface area contributed by atoms with Crippen LogP contribution in [0.3, 0.4) is 0 Å². The van der Waals surface area contributed by atoms with Crippen LogP contribution in [-0.2, 0) is 0 Å². The summed E-state index contributed by atoms with van der Waals surface area (Å²) in [5, 5.41) is 3.43. The Morgan fingerprint density at radius 2 is 1.86 bits per heavy atom. The van der Waals surface area contributed by atoms with Gasteiger partial charge in [-0.05, 0) is 61.8 Å². The van der Waals surface area contributed by atoms with Crippen LogP contribution in [0.4, 0.5) is 0 Å². The summed E-state index contributed by atoms with van der Waals surface area (Å²) in [6.45, 7) is 17.2. The van der Waals surface area contributed by atoms with Crippen molar-refractivity contribution in [2.45, 2.75) is 41.5 Å². The van der Waals surface area contributed by atoms with E-state index in [-0.39, 0.29) is 0 Å². The van der Waals surface area contributed by atoms with Gasteiger partial charge in [0.25, 0.3) is 0 Å². The topological polar surface area (TPSA) is 12.9 Å². The zero-order valence-corrected chi connectivity index (χ0v) is 15.3. The Morgan fingerprint density at radius 1 is 1.18 bits per heavy atom. The molecule has 1 heterocycles. The predicted octanol–water partition coefficient (Wildman–Crippen LogP) is 6.42. The van der Waals surface area contributed by atoms with E-state index in [4.69, 9.17) is 4.98 Å². The van der Waals surface area contributed by atoms with Crippen molar-refractivity contribution in [2.24, 2.45) is 5.92 Å². The second kappa shape index (κ2) is 6.70. The van der Waals surface area contributed by atoms with E-state index in [1.807, 2.05) is 0 Å². The van der Waals surface area contributed by atoms with Gasteiger partial charge < -0.3 is 0 Å². The van der Waals surface area contributed by atoms with Crippen LogP contribution < -0.4 is 0 Å². The number of benzene rings is 1. The van der Waals surface area contributed by atoms with Gasteiger partial charge in [-0.1, -0.05) is 49.9 Å². The third-order valence-corrected chi connectivity index (χ3v) is 5.28. The van der Waals surface area contributed by atoms with Gasteiger partial charge in [-0.3, -0.25) is 0 Å². The van der Waals surface area contributed by atoms with Gasteiger partial charge in [-0.2, -0.15) is 0 Å². The lowest BCUT2D eigenvalue weighted by Crippen LogP contribution is -1.94. The van der Waals surface area contributed by atoms with Gasteiger partial charge in [0, 0.05) is 10.3 Å². The van der Waals surface area contributed by atoms with Gasteiger partial charge in [0.1, 0.15) is 0 Å². The van der Waals surface area contributed by atoms with Crippen LogP contribution in [0, 0.1) is 26.7 Å². The van der Waals surface area contributed by atoms with E-state index in [9.17, 15) is 0 Å². The first-order valence-corrected chi connectivity index (χ1v) is 8.59. The first kappa shape index (κ1) is 16.8. The van der Waals surface area contributed by atoms with Crippen molar-refractivity contribution in [3.05, 3.63) is 58.1 Å². The molecule has 2 heteroatoms. The maximum absolute atomic E-state index is 4.87. The lowest BCUT2D eigenvalue weighted by atomic mass is 10.0. The van der Waals surface area contributed by atoms with E-state index in [1.54, 1.807) is 11.8 Å². The molecule has 0 aliphatic carbocycles. The van der Waals surface area contributed by atoms with Gasteiger partial charge in [0.2, 0.25) is 0 Å². The number of hydrogen-bond donors (Lipinski definition) is 0. The molecule has 0 spiro atoms. The molecule has 2 rings (SSSR count). The van der Waals surface area contributed by atoms with Crippen LogP contribution in [0.2, 0.25) is 0 Å². The van der Waals surface area contributed by atoms with E-state index in [1.165, 1.54) is 27.6 Å². The Balaban J connectivity index is 2.42. The molecule has 116 valence electrons. The quantitative estimate of drug-likeness (QED) is 0.646. The minimum Gasteiger partial charge on any atom is -0.247 e. The maximum atomic E-state index is 4.87. The summed E-state index contributed by atoms with van der Waals surface area (Å²) in [5.74, 6) is 0.566. The third kappa shape index (κ3) is 3.44. The van der Waals surface area contributed by atoms with Gasteiger partial charge in [-0.25, -0.2) is 4.98 Å². The first-order chi connectivity index (χ1) is 10.3. The molecule has 1 aromatic heterocycles. The lowest BCUT2D eigenvalue weighted by molar-refractivity contribution is 0.772. The molecule has 0 aliphatic heterocycles. The number of hydrogen-bond acceptors (Lipinski definition) is 2. The first-order valence-electron chi connectivity index (χ1n) is 7.71. The maximum Gasteiger partial charge on any atom is 0.0773 e. The van der Waals surface area contributed by atoms with Crippen molar-refractivity contribution in [1.82, 2.24) is 4.98 Å². The summed E-state index contributed by atoms with van der Waals surface area (Å²) in [6.07, 6.45) is 0. The van der Waals surface area contributed by atoms with Crippen molar-refractivity contribution in [1.29, 1.82) is 0 Å². The SMILES string of the molecule is C=C(S/C=C(\C)C(C)C)c1cc(C)c2ccc(C)c(C)c2n1. The smallest absolute Gasteiger partial charge is 0.0773 e. The number of nitrogens with zero attached hydrogens (tertiary/aromatic N) is 1. The average molecular weight is 311 g/mol. The normalized spacial score (nSPS) is 12.2. The van der Waals surface area contributed by atoms with Crippen molar-refractivity contribution in [3.63, 3.8) is 0 Å².